The fourth-order valence-electron chi connectivity index (χ4n) is 0.787. The lowest BCUT2D eigenvalue weighted by molar-refractivity contribution is 1.11. The van der Waals surface area contributed by atoms with Crippen LogP contribution in [0.3, 0.4) is 0 Å². The first-order chi connectivity index (χ1) is 6.35. The molecule has 0 bridgehead atoms. The second kappa shape index (κ2) is 11.2. The normalized spacial score (nSPS) is 10.4. The van der Waals surface area contributed by atoms with Crippen molar-refractivity contribution in [3.05, 3.63) is 0 Å². The van der Waals surface area contributed by atoms with E-state index in [1.54, 1.807) is 0 Å². The molecule has 0 atom stereocenters. The molecule has 0 aromatic heterocycles. The van der Waals surface area contributed by atoms with Crippen molar-refractivity contribution in [3.63, 3.8) is 0 Å². The maximum absolute atomic E-state index is 2.26. The average Bonchev–Trinajstić information content (AvgIpc) is 2.17. The van der Waals surface area contributed by atoms with Crippen LogP contribution in [0.25, 0.3) is 0 Å². The van der Waals surface area contributed by atoms with Crippen molar-refractivity contribution in [1.29, 1.82) is 0 Å². The van der Waals surface area contributed by atoms with Crippen LogP contribution >= 0.6 is 34.8 Å². The molecule has 0 fully saturated rings. The highest BCUT2D eigenvalue weighted by Gasteiger charge is 2.14. The fourth-order valence-corrected chi connectivity index (χ4v) is 4.96. The minimum atomic E-state index is 0.792. The Morgan fingerprint density at radius 2 is 1.00 bits per heavy atom. The molecule has 78 valence electrons. The SMILES string of the molecule is CCCSB(SCCC)SCCC. The third kappa shape index (κ3) is 9.42. The molecular weight excluding hydrogens is 215 g/mol. The monoisotopic (exact) mass is 236 g/mol. The number of rotatable bonds is 9. The summed E-state index contributed by atoms with van der Waals surface area (Å²) >= 11 is 6.38. The maximum atomic E-state index is 2.26. The molecule has 0 aliphatic heterocycles. The molecule has 0 nitrogen and oxygen atoms in total. The van der Waals surface area contributed by atoms with E-state index in [2.05, 4.69) is 55.6 Å². The second-order valence-corrected chi connectivity index (χ2v) is 7.44. The number of hydrogen-bond acceptors (Lipinski definition) is 3. The van der Waals surface area contributed by atoms with Gasteiger partial charge in [-0.2, -0.15) is 34.8 Å². The summed E-state index contributed by atoms with van der Waals surface area (Å²) in [6.07, 6.45) is 3.92. The second-order valence-electron chi connectivity index (χ2n) is 2.90. The molecule has 13 heavy (non-hydrogen) atoms. The van der Waals surface area contributed by atoms with Gasteiger partial charge in [0.2, 0.25) is 0 Å². The molecule has 0 saturated heterocycles. The summed E-state index contributed by atoms with van der Waals surface area (Å²) in [5, 5.41) is 0. The van der Waals surface area contributed by atoms with Gasteiger partial charge in [0.1, 0.15) is 0 Å². The molecule has 0 rings (SSSR count). The smallest absolute Gasteiger partial charge is 0.184 e. The molecule has 0 spiro atoms. The van der Waals surface area contributed by atoms with Gasteiger partial charge >= 0.3 is 4.55 Å². The van der Waals surface area contributed by atoms with Crippen molar-refractivity contribution >= 4 is 39.4 Å². The van der Waals surface area contributed by atoms with Crippen LogP contribution in [0.5, 0.6) is 0 Å². The van der Waals surface area contributed by atoms with Gasteiger partial charge in [0.15, 0.2) is 0 Å². The average molecular weight is 236 g/mol. The zero-order valence-corrected chi connectivity index (χ0v) is 11.5. The van der Waals surface area contributed by atoms with E-state index in [9.17, 15) is 0 Å². The van der Waals surface area contributed by atoms with E-state index >= 15 is 0 Å². The van der Waals surface area contributed by atoms with Crippen LogP contribution in [-0.4, -0.2) is 21.8 Å². The third-order valence-electron chi connectivity index (χ3n) is 1.37. The lowest BCUT2D eigenvalue weighted by Crippen LogP contribution is -2.01. The van der Waals surface area contributed by atoms with Gasteiger partial charge in [-0.1, -0.05) is 20.8 Å². The zero-order chi connectivity index (χ0) is 9.94. The Hall–Kier alpha value is 1.11. The van der Waals surface area contributed by atoms with Crippen LogP contribution in [-0.2, 0) is 0 Å². The molecule has 0 aliphatic carbocycles. The summed E-state index contributed by atoms with van der Waals surface area (Å²) in [5.74, 6) is 3.95. The van der Waals surface area contributed by atoms with Crippen LogP contribution in [0.2, 0.25) is 0 Å². The van der Waals surface area contributed by atoms with Crippen molar-refractivity contribution in [3.8, 4) is 0 Å². The van der Waals surface area contributed by atoms with E-state index in [4.69, 9.17) is 0 Å². The van der Waals surface area contributed by atoms with E-state index in [1.807, 2.05) is 0 Å². The highest BCUT2D eigenvalue weighted by atomic mass is 32.3. The molecule has 0 unspecified atom stereocenters. The Morgan fingerprint density at radius 1 is 0.692 bits per heavy atom. The van der Waals surface area contributed by atoms with Gasteiger partial charge in [0, 0.05) is 0 Å². The predicted molar refractivity (Wildman–Crippen MR) is 74.0 cm³/mol. The molecule has 0 amide bonds. The van der Waals surface area contributed by atoms with Crippen LogP contribution < -0.4 is 0 Å². The molecule has 0 aliphatic rings. The lowest BCUT2D eigenvalue weighted by Gasteiger charge is -2.10. The summed E-state index contributed by atoms with van der Waals surface area (Å²) < 4.78 is 0.792. The van der Waals surface area contributed by atoms with Crippen LogP contribution in [0, 0.1) is 0 Å². The van der Waals surface area contributed by atoms with E-state index in [1.165, 1.54) is 36.5 Å². The molecule has 0 radical (unpaired) electrons. The Bertz CT molecular complexity index is 81.8. The summed E-state index contributed by atoms with van der Waals surface area (Å²) in [5.41, 5.74) is 0. The number of hydrogen-bond donors (Lipinski definition) is 0. The Kier molecular flexibility index (Phi) is 12.2. The third-order valence-corrected chi connectivity index (χ3v) is 6.57. The van der Waals surface area contributed by atoms with E-state index in [0.29, 0.717) is 0 Å². The molecule has 0 N–H and O–H groups in total. The van der Waals surface area contributed by atoms with E-state index in [-0.39, 0.29) is 0 Å². The quantitative estimate of drug-likeness (QED) is 0.544. The first kappa shape index (κ1) is 14.1. The molecule has 0 heterocycles. The molecular formula is C9H21BS3. The van der Waals surface area contributed by atoms with Crippen LogP contribution in [0.1, 0.15) is 40.0 Å². The molecule has 4 heteroatoms. The topological polar surface area (TPSA) is 0 Å². The highest BCUT2D eigenvalue weighted by molar-refractivity contribution is 8.76. The minimum absolute atomic E-state index is 0.792. The van der Waals surface area contributed by atoms with Crippen molar-refractivity contribution < 1.29 is 0 Å². The predicted octanol–water partition coefficient (Wildman–Crippen LogP) is 4.40. The molecule has 0 aromatic carbocycles. The maximum Gasteiger partial charge on any atom is 0.341 e. The summed E-state index contributed by atoms with van der Waals surface area (Å²) in [6, 6.07) is 0. The van der Waals surface area contributed by atoms with Gasteiger partial charge in [0.25, 0.3) is 0 Å². The van der Waals surface area contributed by atoms with Gasteiger partial charge in [-0.25, -0.2) is 0 Å². The van der Waals surface area contributed by atoms with Crippen molar-refractivity contribution in [2.45, 2.75) is 40.0 Å². The van der Waals surface area contributed by atoms with Gasteiger partial charge in [0.05, 0.1) is 0 Å². The van der Waals surface area contributed by atoms with Gasteiger partial charge in [-0.15, -0.1) is 0 Å². The van der Waals surface area contributed by atoms with Crippen molar-refractivity contribution in [2.75, 3.05) is 17.3 Å². The van der Waals surface area contributed by atoms with Gasteiger partial charge in [-0.3, -0.25) is 0 Å². The Labute approximate surface area is 96.5 Å². The van der Waals surface area contributed by atoms with Crippen molar-refractivity contribution in [1.82, 2.24) is 0 Å². The minimum Gasteiger partial charge on any atom is -0.184 e. The summed E-state index contributed by atoms with van der Waals surface area (Å²) in [7, 11) is 0. The van der Waals surface area contributed by atoms with Gasteiger partial charge < -0.3 is 0 Å². The Morgan fingerprint density at radius 3 is 1.23 bits per heavy atom. The molecule has 0 aromatic rings. The summed E-state index contributed by atoms with van der Waals surface area (Å²) in [6.45, 7) is 6.79. The highest BCUT2D eigenvalue weighted by Crippen LogP contribution is 2.30. The van der Waals surface area contributed by atoms with Crippen molar-refractivity contribution in [2.24, 2.45) is 0 Å². The fraction of sp³-hybridized carbons (Fsp3) is 1.00. The first-order valence-corrected chi connectivity index (χ1v) is 8.34. The first-order valence-electron chi connectivity index (χ1n) is 5.19. The Balaban J connectivity index is 3.47. The van der Waals surface area contributed by atoms with Crippen LogP contribution in [0.15, 0.2) is 0 Å². The van der Waals surface area contributed by atoms with E-state index < -0.39 is 0 Å². The van der Waals surface area contributed by atoms with E-state index in [0.717, 1.165) is 4.55 Å². The largest absolute Gasteiger partial charge is 0.341 e. The lowest BCUT2D eigenvalue weighted by atomic mass is 10.6. The van der Waals surface area contributed by atoms with Gasteiger partial charge in [-0.05, 0) is 36.5 Å². The zero-order valence-electron chi connectivity index (χ0n) is 9.04. The van der Waals surface area contributed by atoms with Crippen LogP contribution in [0.4, 0.5) is 0 Å². The summed E-state index contributed by atoms with van der Waals surface area (Å²) in [4.78, 5) is 0. The standard InChI is InChI=1S/C9H21BS3/c1-4-7-11-10(12-8-5-2)13-9-6-3/h4-9H2,1-3H3. The molecule has 0 saturated carbocycles.